The van der Waals surface area contributed by atoms with Crippen molar-refractivity contribution in [1.82, 2.24) is 15.0 Å². The molecule has 3 aliphatic rings. The first-order valence-electron chi connectivity index (χ1n) is 14.0. The number of imidazole rings is 1. The summed E-state index contributed by atoms with van der Waals surface area (Å²) in [5, 5.41) is 4.30. The number of carbonyl (C=O) groups is 3. The number of hydrazone groups is 1. The molecule has 10 nitrogen and oxygen atoms in total. The highest BCUT2D eigenvalue weighted by molar-refractivity contribution is 6.16. The van der Waals surface area contributed by atoms with E-state index < -0.39 is 24.3 Å². The van der Waals surface area contributed by atoms with Crippen molar-refractivity contribution in [2.24, 2.45) is 5.10 Å². The van der Waals surface area contributed by atoms with Gasteiger partial charge in [-0.15, -0.1) is 0 Å². The molecule has 42 heavy (non-hydrogen) atoms. The number of nitrogens with one attached hydrogen (secondary N) is 1. The van der Waals surface area contributed by atoms with E-state index in [1.54, 1.807) is 19.3 Å². The molecular weight excluding hydrogens is 536 g/mol. The number of esters is 1. The quantitative estimate of drug-likeness (QED) is 0.301. The molecule has 3 aromatic carbocycles. The number of cyclic esters (lactones) is 2. The fraction of sp³-hybridized carbons (Fsp3) is 0.281. The first kappa shape index (κ1) is 25.9. The Morgan fingerprint density at radius 2 is 1.88 bits per heavy atom. The lowest BCUT2D eigenvalue weighted by Gasteiger charge is -2.15. The summed E-state index contributed by atoms with van der Waals surface area (Å²) >= 11 is 0. The summed E-state index contributed by atoms with van der Waals surface area (Å²) in [4.78, 5) is 41.6. The van der Waals surface area contributed by atoms with Crippen molar-refractivity contribution in [3.63, 3.8) is 0 Å². The number of carbonyl (C=O) groups excluding carboxylic acids is 3. The minimum Gasteiger partial charge on any atom is -0.458 e. The van der Waals surface area contributed by atoms with Gasteiger partial charge in [-0.3, -0.25) is 4.79 Å². The standard InChI is InChI=1S/C32H28N4O6/c1-18-27(42-32(39)41-18)16-40-31(38)24-12-11-23(21-8-9-21)29-30(24)36(17-33-29)15-19-7-10-22(20-5-3-2-4-6-20)25(13-19)26-14-28(37)35-34-26/h2-7,10-13,17-18,21,27H,8-9,14-16H2,1H3,(H,35,37). The van der Waals surface area contributed by atoms with Crippen molar-refractivity contribution >= 4 is 34.8 Å². The van der Waals surface area contributed by atoms with E-state index in [0.29, 0.717) is 29.3 Å². The van der Waals surface area contributed by atoms with E-state index in [1.807, 2.05) is 59.2 Å². The van der Waals surface area contributed by atoms with Crippen molar-refractivity contribution in [2.45, 2.75) is 50.9 Å². The van der Waals surface area contributed by atoms with Crippen LogP contribution in [0.1, 0.15) is 59.2 Å². The molecule has 2 fully saturated rings. The fourth-order valence-electron chi connectivity index (χ4n) is 5.61. The zero-order valence-electron chi connectivity index (χ0n) is 22.9. The molecule has 1 aliphatic carbocycles. The number of ether oxygens (including phenoxy) is 3. The van der Waals surface area contributed by atoms with Crippen molar-refractivity contribution in [1.29, 1.82) is 0 Å². The highest BCUT2D eigenvalue weighted by Gasteiger charge is 2.35. The van der Waals surface area contributed by atoms with Gasteiger partial charge in [-0.2, -0.15) is 5.10 Å². The van der Waals surface area contributed by atoms with Crippen LogP contribution in [0.4, 0.5) is 4.79 Å². The Balaban J connectivity index is 1.24. The third-order valence-corrected chi connectivity index (χ3v) is 7.94. The predicted octanol–water partition coefficient (Wildman–Crippen LogP) is 4.93. The Kier molecular flexibility index (Phi) is 6.45. The molecule has 2 atom stereocenters. The van der Waals surface area contributed by atoms with Crippen molar-refractivity contribution in [2.75, 3.05) is 6.61 Å². The second kappa shape index (κ2) is 10.4. The Labute approximate surface area is 241 Å². The summed E-state index contributed by atoms with van der Waals surface area (Å²) in [7, 11) is 0. The summed E-state index contributed by atoms with van der Waals surface area (Å²) in [5.41, 5.74) is 10.1. The molecule has 0 radical (unpaired) electrons. The highest BCUT2D eigenvalue weighted by atomic mass is 16.8. The SMILES string of the molecule is CC1OC(=O)OC1COC(=O)c1ccc(C2CC2)c2ncn(Cc3ccc(-c4ccccc4)c(C4=NNC(=O)C4)c3)c12. The zero-order valence-corrected chi connectivity index (χ0v) is 22.9. The van der Waals surface area contributed by atoms with E-state index >= 15 is 0 Å². The summed E-state index contributed by atoms with van der Waals surface area (Å²) in [6.07, 6.45) is 2.22. The number of nitrogens with zero attached hydrogens (tertiary/aromatic N) is 3. The Morgan fingerprint density at radius 3 is 2.60 bits per heavy atom. The molecule has 2 unspecified atom stereocenters. The van der Waals surface area contributed by atoms with Gasteiger partial charge in [0.25, 0.3) is 0 Å². The van der Waals surface area contributed by atoms with Crippen LogP contribution in [-0.4, -0.2) is 52.1 Å². The molecule has 0 bridgehead atoms. The van der Waals surface area contributed by atoms with Gasteiger partial charge in [0.15, 0.2) is 6.10 Å². The lowest BCUT2D eigenvalue weighted by molar-refractivity contribution is -0.119. The molecule has 4 aromatic rings. The van der Waals surface area contributed by atoms with Crippen LogP contribution >= 0.6 is 0 Å². The van der Waals surface area contributed by atoms with E-state index in [1.165, 1.54) is 0 Å². The largest absolute Gasteiger partial charge is 0.509 e. The lowest BCUT2D eigenvalue weighted by atomic mass is 9.93. The lowest BCUT2D eigenvalue weighted by Crippen LogP contribution is -2.26. The molecule has 212 valence electrons. The van der Waals surface area contributed by atoms with Crippen LogP contribution in [0.2, 0.25) is 0 Å². The normalized spacial score (nSPS) is 19.8. The molecule has 1 aromatic heterocycles. The Hall–Kier alpha value is -4.99. The Bertz CT molecular complexity index is 1760. The van der Waals surface area contributed by atoms with Gasteiger partial charge >= 0.3 is 12.1 Å². The van der Waals surface area contributed by atoms with Crippen LogP contribution < -0.4 is 5.43 Å². The molecule has 2 aliphatic heterocycles. The molecule has 1 saturated heterocycles. The van der Waals surface area contributed by atoms with Crippen LogP contribution in [0.15, 0.2) is 72.1 Å². The number of fused-ring (bicyclic) bond motifs is 1. The number of amides is 1. The van der Waals surface area contributed by atoms with E-state index in [0.717, 1.165) is 46.2 Å². The van der Waals surface area contributed by atoms with Crippen LogP contribution in [-0.2, 0) is 25.5 Å². The van der Waals surface area contributed by atoms with Crippen LogP contribution in [0.25, 0.3) is 22.2 Å². The number of hydrogen-bond acceptors (Lipinski definition) is 8. The van der Waals surface area contributed by atoms with Gasteiger partial charge in [-0.05, 0) is 60.1 Å². The topological polar surface area (TPSA) is 121 Å². The van der Waals surface area contributed by atoms with Crippen molar-refractivity contribution in [3.8, 4) is 11.1 Å². The van der Waals surface area contributed by atoms with E-state index in [9.17, 15) is 14.4 Å². The maximum absolute atomic E-state index is 13.4. The molecule has 1 N–H and O–H groups in total. The molecule has 1 amide bonds. The van der Waals surface area contributed by atoms with Crippen molar-refractivity contribution in [3.05, 3.63) is 89.2 Å². The van der Waals surface area contributed by atoms with Crippen LogP contribution in [0.3, 0.4) is 0 Å². The van der Waals surface area contributed by atoms with Gasteiger partial charge < -0.3 is 18.8 Å². The van der Waals surface area contributed by atoms with Gasteiger partial charge in [0, 0.05) is 12.1 Å². The second-order valence-electron chi connectivity index (χ2n) is 10.9. The number of benzene rings is 3. The summed E-state index contributed by atoms with van der Waals surface area (Å²) in [5.74, 6) is -0.234. The predicted molar refractivity (Wildman–Crippen MR) is 153 cm³/mol. The highest BCUT2D eigenvalue weighted by Crippen LogP contribution is 2.43. The molecule has 7 rings (SSSR count). The summed E-state index contributed by atoms with van der Waals surface area (Å²) in [6.45, 7) is 2.03. The monoisotopic (exact) mass is 564 g/mol. The van der Waals surface area contributed by atoms with Gasteiger partial charge in [0.05, 0.1) is 35.1 Å². The molecule has 10 heteroatoms. The summed E-state index contributed by atoms with van der Waals surface area (Å²) < 4.78 is 17.7. The van der Waals surface area contributed by atoms with Gasteiger partial charge in [-0.1, -0.05) is 48.5 Å². The van der Waals surface area contributed by atoms with E-state index in [2.05, 4.69) is 10.5 Å². The van der Waals surface area contributed by atoms with E-state index in [-0.39, 0.29) is 18.9 Å². The average molecular weight is 565 g/mol. The van der Waals surface area contributed by atoms with Gasteiger partial charge in [0.1, 0.15) is 12.7 Å². The number of hydrogen-bond donors (Lipinski definition) is 1. The number of rotatable bonds is 8. The maximum Gasteiger partial charge on any atom is 0.509 e. The van der Waals surface area contributed by atoms with Gasteiger partial charge in [-0.25, -0.2) is 20.0 Å². The minimum absolute atomic E-state index is 0.106. The maximum atomic E-state index is 13.4. The third kappa shape index (κ3) is 4.89. The average Bonchev–Trinajstić information content (AvgIpc) is 3.48. The minimum atomic E-state index is -0.765. The molecule has 3 heterocycles. The number of aromatic nitrogens is 2. The first-order chi connectivity index (χ1) is 20.4. The molecule has 1 saturated carbocycles. The Morgan fingerprint density at radius 1 is 1.05 bits per heavy atom. The molecule has 0 spiro atoms. The van der Waals surface area contributed by atoms with E-state index in [4.69, 9.17) is 19.2 Å². The van der Waals surface area contributed by atoms with Gasteiger partial charge in [0.2, 0.25) is 5.91 Å². The third-order valence-electron chi connectivity index (χ3n) is 7.94. The molecular formula is C32H28N4O6. The van der Waals surface area contributed by atoms with Crippen LogP contribution in [0.5, 0.6) is 0 Å². The smallest absolute Gasteiger partial charge is 0.458 e. The van der Waals surface area contributed by atoms with Crippen molar-refractivity contribution < 1.29 is 28.6 Å². The first-order valence-corrected chi connectivity index (χ1v) is 14.0. The summed E-state index contributed by atoms with van der Waals surface area (Å²) in [6, 6.07) is 19.9. The zero-order chi connectivity index (χ0) is 28.8. The fourth-order valence-corrected chi connectivity index (χ4v) is 5.61. The second-order valence-corrected chi connectivity index (χ2v) is 10.9. The van der Waals surface area contributed by atoms with Crippen LogP contribution in [0, 0.1) is 0 Å².